The van der Waals surface area contributed by atoms with Gasteiger partial charge in [-0.15, -0.1) is 0 Å². The van der Waals surface area contributed by atoms with Crippen LogP contribution in [0.1, 0.15) is 167 Å². The van der Waals surface area contributed by atoms with E-state index in [1.165, 1.54) is 148 Å². The molecule has 0 rings (SSSR count). The van der Waals surface area contributed by atoms with Crippen LogP contribution >= 0.6 is 0 Å². The smallest absolute Gasteiger partial charge is 0.0443 e. The summed E-state index contributed by atoms with van der Waals surface area (Å²) < 4.78 is 0. The Balaban J connectivity index is 3.05. The minimum Gasteiger partial charge on any atom is -0.0625 e. The van der Waals surface area contributed by atoms with Crippen LogP contribution in [0.15, 0.2) is 0 Å². The third kappa shape index (κ3) is 26.0. The molecular formula is C29H58. The Hall–Kier alpha value is 0. The molecule has 0 aliphatic rings. The molecular weight excluding hydrogens is 348 g/mol. The first-order valence-electron chi connectivity index (χ1n) is 13.9. The SMILES string of the molecule is [CH2]CCCCCCCCCCCCCCCCCCCCCC(C)CCCC[CH2]. The largest absolute Gasteiger partial charge is 0.0625 e. The second-order valence-electron chi connectivity index (χ2n) is 9.81. The van der Waals surface area contributed by atoms with E-state index in [1.54, 1.807) is 0 Å². The first-order valence-corrected chi connectivity index (χ1v) is 13.9. The predicted molar refractivity (Wildman–Crippen MR) is 135 cm³/mol. The van der Waals surface area contributed by atoms with E-state index in [0.29, 0.717) is 0 Å². The van der Waals surface area contributed by atoms with Crippen molar-refractivity contribution in [1.82, 2.24) is 0 Å². The lowest BCUT2D eigenvalue weighted by atomic mass is 9.96. The van der Waals surface area contributed by atoms with Gasteiger partial charge in [-0.3, -0.25) is 0 Å². The summed E-state index contributed by atoms with van der Waals surface area (Å²) >= 11 is 0. The highest BCUT2D eigenvalue weighted by Crippen LogP contribution is 2.18. The van der Waals surface area contributed by atoms with Crippen molar-refractivity contribution in [2.75, 3.05) is 0 Å². The van der Waals surface area contributed by atoms with E-state index >= 15 is 0 Å². The topological polar surface area (TPSA) is 0 Å². The van der Waals surface area contributed by atoms with Gasteiger partial charge >= 0.3 is 0 Å². The van der Waals surface area contributed by atoms with Crippen LogP contribution in [0.25, 0.3) is 0 Å². The van der Waals surface area contributed by atoms with Crippen molar-refractivity contribution in [1.29, 1.82) is 0 Å². The molecule has 0 aromatic carbocycles. The van der Waals surface area contributed by atoms with Crippen molar-refractivity contribution in [2.24, 2.45) is 5.92 Å². The second kappa shape index (κ2) is 26.0. The van der Waals surface area contributed by atoms with Crippen LogP contribution in [-0.4, -0.2) is 0 Å². The molecule has 0 N–H and O–H groups in total. The molecule has 1 atom stereocenters. The summed E-state index contributed by atoms with van der Waals surface area (Å²) in [6.45, 7) is 10.3. The molecule has 0 aromatic rings. The summed E-state index contributed by atoms with van der Waals surface area (Å²) in [4.78, 5) is 0. The van der Waals surface area contributed by atoms with Crippen molar-refractivity contribution in [2.45, 2.75) is 167 Å². The summed E-state index contributed by atoms with van der Waals surface area (Å²) in [6.07, 6.45) is 35.6. The number of hydrogen-bond acceptors (Lipinski definition) is 0. The zero-order chi connectivity index (χ0) is 21.3. The molecule has 0 spiro atoms. The van der Waals surface area contributed by atoms with Crippen LogP contribution in [0.5, 0.6) is 0 Å². The van der Waals surface area contributed by atoms with Gasteiger partial charge < -0.3 is 0 Å². The third-order valence-electron chi connectivity index (χ3n) is 6.64. The number of rotatable bonds is 25. The number of hydrogen-bond donors (Lipinski definition) is 0. The van der Waals surface area contributed by atoms with Gasteiger partial charge in [0.25, 0.3) is 0 Å². The monoisotopic (exact) mass is 406 g/mol. The molecule has 0 amide bonds. The first-order chi connectivity index (χ1) is 14.3. The minimum atomic E-state index is 0.940. The summed E-state index contributed by atoms with van der Waals surface area (Å²) in [5, 5.41) is 0. The fourth-order valence-electron chi connectivity index (χ4n) is 4.49. The molecule has 0 saturated carbocycles. The van der Waals surface area contributed by atoms with Gasteiger partial charge in [-0.2, -0.15) is 0 Å². The van der Waals surface area contributed by atoms with Gasteiger partial charge in [-0.25, -0.2) is 0 Å². The van der Waals surface area contributed by atoms with Gasteiger partial charge in [0.15, 0.2) is 0 Å². The maximum atomic E-state index is 3.94. The van der Waals surface area contributed by atoms with Crippen LogP contribution < -0.4 is 0 Å². The Kier molecular flexibility index (Phi) is 26.0. The summed E-state index contributed by atoms with van der Waals surface area (Å²) in [7, 11) is 0. The molecule has 0 aliphatic carbocycles. The van der Waals surface area contributed by atoms with Crippen LogP contribution in [0, 0.1) is 19.8 Å². The molecule has 0 nitrogen and oxygen atoms in total. The lowest BCUT2D eigenvalue weighted by Gasteiger charge is -2.10. The molecule has 0 heterocycles. The first kappa shape index (κ1) is 29.0. The molecule has 0 saturated heterocycles. The second-order valence-corrected chi connectivity index (χ2v) is 9.81. The van der Waals surface area contributed by atoms with Crippen LogP contribution in [0.4, 0.5) is 0 Å². The van der Waals surface area contributed by atoms with E-state index in [2.05, 4.69) is 20.8 Å². The van der Waals surface area contributed by atoms with Crippen molar-refractivity contribution >= 4 is 0 Å². The molecule has 0 bridgehead atoms. The van der Waals surface area contributed by atoms with E-state index in [9.17, 15) is 0 Å². The van der Waals surface area contributed by atoms with Crippen molar-refractivity contribution < 1.29 is 0 Å². The van der Waals surface area contributed by atoms with Gasteiger partial charge in [0, 0.05) is 0 Å². The van der Waals surface area contributed by atoms with Gasteiger partial charge in [-0.05, 0) is 5.92 Å². The Labute approximate surface area is 187 Å². The minimum absolute atomic E-state index is 0.940. The molecule has 1 unspecified atom stereocenters. The maximum absolute atomic E-state index is 3.94. The molecule has 29 heavy (non-hydrogen) atoms. The van der Waals surface area contributed by atoms with E-state index in [0.717, 1.165) is 18.8 Å². The van der Waals surface area contributed by atoms with Crippen LogP contribution in [0.3, 0.4) is 0 Å². The lowest BCUT2D eigenvalue weighted by Crippen LogP contribution is -1.94. The standard InChI is InChI=1S/C29H58/c1-4-6-8-9-10-11-12-13-14-15-16-17-18-19-20-21-22-23-24-26-28-29(3)27-25-7-5-2/h29H,1-2,4-28H2,3H3. The zero-order valence-electron chi connectivity index (χ0n) is 20.7. The Morgan fingerprint density at radius 3 is 0.862 bits per heavy atom. The Bertz CT molecular complexity index is 269. The normalized spacial score (nSPS) is 12.5. The van der Waals surface area contributed by atoms with Gasteiger partial charge in [0.1, 0.15) is 0 Å². The molecule has 0 fully saturated rings. The van der Waals surface area contributed by atoms with Crippen LogP contribution in [0.2, 0.25) is 0 Å². The fraction of sp³-hybridized carbons (Fsp3) is 0.931. The van der Waals surface area contributed by atoms with Crippen molar-refractivity contribution in [3.63, 3.8) is 0 Å². The lowest BCUT2D eigenvalue weighted by molar-refractivity contribution is 0.437. The third-order valence-corrected chi connectivity index (χ3v) is 6.64. The van der Waals surface area contributed by atoms with Gasteiger partial charge in [-0.1, -0.05) is 181 Å². The van der Waals surface area contributed by atoms with Crippen LogP contribution in [-0.2, 0) is 0 Å². The van der Waals surface area contributed by atoms with Crippen molar-refractivity contribution in [3.8, 4) is 0 Å². The molecule has 174 valence electrons. The van der Waals surface area contributed by atoms with Gasteiger partial charge in [0.05, 0.1) is 0 Å². The average Bonchev–Trinajstić information content (AvgIpc) is 2.72. The molecule has 0 aliphatic heterocycles. The predicted octanol–water partition coefficient (Wildman–Crippen LogP) is 11.0. The highest BCUT2D eigenvalue weighted by atomic mass is 14.1. The van der Waals surface area contributed by atoms with Gasteiger partial charge in [0.2, 0.25) is 0 Å². The summed E-state index contributed by atoms with van der Waals surface area (Å²) in [5.41, 5.74) is 0. The molecule has 2 radical (unpaired) electrons. The Morgan fingerprint density at radius 1 is 0.345 bits per heavy atom. The maximum Gasteiger partial charge on any atom is -0.0443 e. The highest BCUT2D eigenvalue weighted by molar-refractivity contribution is 4.56. The molecule has 0 aromatic heterocycles. The van der Waals surface area contributed by atoms with E-state index in [-0.39, 0.29) is 0 Å². The Morgan fingerprint density at radius 2 is 0.552 bits per heavy atom. The fourth-order valence-corrected chi connectivity index (χ4v) is 4.49. The van der Waals surface area contributed by atoms with E-state index < -0.39 is 0 Å². The molecule has 0 heteroatoms. The van der Waals surface area contributed by atoms with E-state index in [4.69, 9.17) is 0 Å². The average molecular weight is 407 g/mol. The quantitative estimate of drug-likeness (QED) is 0.132. The highest BCUT2D eigenvalue weighted by Gasteiger charge is 2.01. The number of unbranched alkanes of at least 4 members (excludes halogenated alkanes) is 21. The zero-order valence-corrected chi connectivity index (χ0v) is 20.7. The summed E-state index contributed by atoms with van der Waals surface area (Å²) in [6, 6.07) is 0. The van der Waals surface area contributed by atoms with Crippen molar-refractivity contribution in [3.05, 3.63) is 13.8 Å². The van der Waals surface area contributed by atoms with E-state index in [1.807, 2.05) is 0 Å². The summed E-state index contributed by atoms with van der Waals surface area (Å²) in [5.74, 6) is 0.940.